The average Bonchev–Trinajstić information content (AvgIpc) is 2.93. The lowest BCUT2D eigenvalue weighted by atomic mass is 9.91. The van der Waals surface area contributed by atoms with Crippen LogP contribution in [0.25, 0.3) is 22.3 Å². The summed E-state index contributed by atoms with van der Waals surface area (Å²) in [4.78, 5) is 19.8. The van der Waals surface area contributed by atoms with Crippen molar-refractivity contribution in [1.82, 2.24) is 4.98 Å². The maximum Gasteiger partial charge on any atom is 0.423 e. The Kier molecular flexibility index (Phi) is 11.5. The second kappa shape index (κ2) is 14.6. The fourth-order valence-corrected chi connectivity index (χ4v) is 4.65. The molecular weight excluding hydrogens is 566 g/mol. The first-order valence-corrected chi connectivity index (χ1v) is 14.6. The van der Waals surface area contributed by atoms with E-state index in [4.69, 9.17) is 46.6 Å². The minimum Gasteiger partial charge on any atom is -0.492 e. The van der Waals surface area contributed by atoms with Crippen molar-refractivity contribution in [3.63, 3.8) is 0 Å². The predicted octanol–water partition coefficient (Wildman–Crippen LogP) is 7.14. The van der Waals surface area contributed by atoms with Crippen molar-refractivity contribution in [1.29, 1.82) is 0 Å². The summed E-state index contributed by atoms with van der Waals surface area (Å²) >= 11 is 5.71. The van der Waals surface area contributed by atoms with Gasteiger partial charge in [0.05, 0.1) is 0 Å². The first-order valence-electron chi connectivity index (χ1n) is 14.2. The van der Waals surface area contributed by atoms with Gasteiger partial charge in [-0.2, -0.15) is 4.90 Å². The molecule has 43 heavy (non-hydrogen) atoms. The average molecular weight is 610 g/mol. The van der Waals surface area contributed by atoms with Crippen molar-refractivity contribution in [2.24, 2.45) is 5.73 Å². The van der Waals surface area contributed by atoms with Crippen molar-refractivity contribution in [2.45, 2.75) is 66.1 Å². The van der Waals surface area contributed by atoms with Crippen molar-refractivity contribution < 1.29 is 28.5 Å². The first-order chi connectivity index (χ1) is 20.3. The van der Waals surface area contributed by atoms with E-state index >= 15 is 0 Å². The highest BCUT2D eigenvalue weighted by Gasteiger charge is 2.34. The molecule has 232 valence electrons. The van der Waals surface area contributed by atoms with Crippen LogP contribution in [0.1, 0.15) is 54.0 Å². The molecule has 0 unspecified atom stereocenters. The molecule has 1 aromatic heterocycles. The number of ether oxygens (including phenoxy) is 5. The Morgan fingerprint density at radius 2 is 1.44 bits per heavy atom. The number of aromatic nitrogens is 1. The Bertz CT molecular complexity index is 1350. The monoisotopic (exact) mass is 609 g/mol. The topological polar surface area (TPSA) is 105 Å². The molecule has 1 amide bonds. The normalized spacial score (nSPS) is 11.6. The fourth-order valence-electron chi connectivity index (χ4n) is 4.24. The van der Waals surface area contributed by atoms with Gasteiger partial charge in [0, 0.05) is 31.0 Å². The van der Waals surface area contributed by atoms with Gasteiger partial charge in [-0.05, 0) is 101 Å². The number of anilines is 1. The van der Waals surface area contributed by atoms with Crippen LogP contribution in [0.3, 0.4) is 0 Å². The van der Waals surface area contributed by atoms with Crippen LogP contribution in [0.2, 0.25) is 0 Å². The summed E-state index contributed by atoms with van der Waals surface area (Å²) in [6, 6.07) is 15.3. The summed E-state index contributed by atoms with van der Waals surface area (Å²) < 4.78 is 28.2. The fraction of sp³-hybridized carbons (Fsp3) is 0.424. The van der Waals surface area contributed by atoms with Crippen molar-refractivity contribution in [3.05, 3.63) is 60.3 Å². The van der Waals surface area contributed by atoms with Gasteiger partial charge in [0.2, 0.25) is 0 Å². The smallest absolute Gasteiger partial charge is 0.423 e. The molecule has 0 saturated heterocycles. The van der Waals surface area contributed by atoms with Crippen LogP contribution in [0, 0.1) is 0 Å². The Hall–Kier alpha value is -3.73. The lowest BCUT2D eigenvalue weighted by Crippen LogP contribution is -2.44. The number of nitrogens with two attached hydrogens (primary N) is 1. The van der Waals surface area contributed by atoms with E-state index in [2.05, 4.69) is 6.92 Å². The van der Waals surface area contributed by atoms with Crippen LogP contribution in [0.15, 0.2) is 54.7 Å². The molecule has 3 rings (SSSR count). The van der Waals surface area contributed by atoms with Gasteiger partial charge in [0.1, 0.15) is 29.3 Å². The van der Waals surface area contributed by atoms with Crippen LogP contribution in [-0.2, 0) is 20.6 Å². The number of hydrogen-bond acceptors (Lipinski definition) is 9. The SMILES string of the molecule is CCc1c(-c2ccc(OCCN)cc2)cnc(N(C(=O)OC(C)(C)C)C(=S)OC(C)(C)C)c1-c1ccc(OCOC)cc1. The third-order valence-electron chi connectivity index (χ3n) is 5.92. The van der Waals surface area contributed by atoms with E-state index in [1.807, 2.05) is 69.3 Å². The molecule has 0 aliphatic carbocycles. The molecule has 0 atom stereocenters. The predicted molar refractivity (Wildman–Crippen MR) is 174 cm³/mol. The van der Waals surface area contributed by atoms with Gasteiger partial charge in [0.15, 0.2) is 12.6 Å². The number of pyridine rings is 1. The molecule has 10 heteroatoms. The third-order valence-corrected chi connectivity index (χ3v) is 6.19. The first kappa shape index (κ1) is 33.8. The Morgan fingerprint density at radius 3 is 1.95 bits per heavy atom. The van der Waals surface area contributed by atoms with E-state index in [-0.39, 0.29) is 12.0 Å². The molecule has 0 bridgehead atoms. The van der Waals surface area contributed by atoms with E-state index in [1.165, 1.54) is 4.90 Å². The zero-order valence-corrected chi connectivity index (χ0v) is 27.2. The highest BCUT2D eigenvalue weighted by molar-refractivity contribution is 7.80. The number of amides is 1. The van der Waals surface area contributed by atoms with E-state index in [1.54, 1.807) is 34.1 Å². The summed E-state index contributed by atoms with van der Waals surface area (Å²) in [5.41, 5.74) is 8.45. The molecule has 0 saturated carbocycles. The zero-order valence-electron chi connectivity index (χ0n) is 26.4. The summed E-state index contributed by atoms with van der Waals surface area (Å²) in [5.74, 6) is 1.67. The summed E-state index contributed by atoms with van der Waals surface area (Å²) in [7, 11) is 1.57. The molecule has 1 heterocycles. The van der Waals surface area contributed by atoms with Crippen molar-refractivity contribution >= 4 is 29.3 Å². The number of rotatable bonds is 10. The van der Waals surface area contributed by atoms with Gasteiger partial charge < -0.3 is 29.4 Å². The largest absolute Gasteiger partial charge is 0.492 e. The number of carbonyl (C=O) groups is 1. The number of methoxy groups -OCH3 is 1. The number of nitrogens with zero attached hydrogens (tertiary/aromatic N) is 2. The molecule has 0 aliphatic heterocycles. The van der Waals surface area contributed by atoms with Crippen molar-refractivity contribution in [2.75, 3.05) is 32.0 Å². The summed E-state index contributed by atoms with van der Waals surface area (Å²) in [5, 5.41) is -0.0632. The second-order valence-corrected chi connectivity index (χ2v) is 12.1. The molecule has 9 nitrogen and oxygen atoms in total. The van der Waals surface area contributed by atoms with E-state index in [0.29, 0.717) is 36.7 Å². The molecule has 0 fully saturated rings. The minimum absolute atomic E-state index is 0.0632. The van der Waals surface area contributed by atoms with Gasteiger partial charge in [-0.3, -0.25) is 0 Å². The zero-order chi connectivity index (χ0) is 31.8. The van der Waals surface area contributed by atoms with Crippen LogP contribution in [-0.4, -0.2) is 54.5 Å². The van der Waals surface area contributed by atoms with Crippen LogP contribution in [0.4, 0.5) is 10.6 Å². The maximum absolute atomic E-state index is 13.8. The Balaban J connectivity index is 2.27. The third kappa shape index (κ3) is 9.38. The number of hydrogen-bond donors (Lipinski definition) is 1. The maximum atomic E-state index is 13.8. The number of thiocarbonyl (C=S) groups is 1. The minimum atomic E-state index is -0.783. The van der Waals surface area contributed by atoms with E-state index in [0.717, 1.165) is 28.0 Å². The van der Waals surface area contributed by atoms with Crippen molar-refractivity contribution in [3.8, 4) is 33.8 Å². The molecule has 3 aromatic rings. The quantitative estimate of drug-likeness (QED) is 0.190. The molecule has 0 spiro atoms. The van der Waals surface area contributed by atoms with Crippen LogP contribution < -0.4 is 20.1 Å². The van der Waals surface area contributed by atoms with Gasteiger partial charge in [-0.1, -0.05) is 31.2 Å². The van der Waals surface area contributed by atoms with E-state index in [9.17, 15) is 4.79 Å². The lowest BCUT2D eigenvalue weighted by Gasteiger charge is -2.31. The molecule has 0 radical (unpaired) electrons. The Morgan fingerprint density at radius 1 is 0.884 bits per heavy atom. The molecule has 2 N–H and O–H groups in total. The second-order valence-electron chi connectivity index (χ2n) is 11.7. The van der Waals surface area contributed by atoms with Gasteiger partial charge in [-0.25, -0.2) is 9.78 Å². The lowest BCUT2D eigenvalue weighted by molar-refractivity contribution is 0.0511. The standard InChI is InChI=1S/C33H43N3O6S/c1-9-26-27(22-10-14-24(15-11-22)39-19-18-34)20-35-29(28(26)23-12-16-25(17-13-23)40-21-38-8)36(30(37)41-32(2,3)4)31(43)42-33(5,6)7/h10-17,20H,9,18-19,21,34H2,1-8H3. The number of carbonyl (C=O) groups excluding carboxylic acids is 1. The molecule has 2 aromatic carbocycles. The van der Waals surface area contributed by atoms with Gasteiger partial charge in [0.25, 0.3) is 5.17 Å². The summed E-state index contributed by atoms with van der Waals surface area (Å²) in [6.45, 7) is 14.0. The van der Waals surface area contributed by atoms with Gasteiger partial charge in [-0.15, -0.1) is 0 Å². The molecule has 0 aliphatic rings. The highest BCUT2D eigenvalue weighted by atomic mass is 32.1. The Labute approximate surface area is 260 Å². The van der Waals surface area contributed by atoms with Gasteiger partial charge >= 0.3 is 6.09 Å². The molecular formula is C33H43N3O6S. The van der Waals surface area contributed by atoms with Crippen LogP contribution in [0.5, 0.6) is 11.5 Å². The van der Waals surface area contributed by atoms with Crippen LogP contribution >= 0.6 is 12.2 Å². The number of benzene rings is 2. The highest BCUT2D eigenvalue weighted by Crippen LogP contribution is 2.40. The summed E-state index contributed by atoms with van der Waals surface area (Å²) in [6.07, 6.45) is 1.69. The van der Waals surface area contributed by atoms with E-state index < -0.39 is 17.3 Å².